The summed E-state index contributed by atoms with van der Waals surface area (Å²) in [5.41, 5.74) is 1.11. The Kier molecular flexibility index (Phi) is 3.11. The van der Waals surface area contributed by atoms with Crippen molar-refractivity contribution in [3.05, 3.63) is 29.8 Å². The highest BCUT2D eigenvalue weighted by Gasteiger charge is 2.50. The molecule has 1 atom stereocenters. The Morgan fingerprint density at radius 2 is 2.06 bits per heavy atom. The number of aliphatic carboxylic acids is 1. The summed E-state index contributed by atoms with van der Waals surface area (Å²) in [5.74, 6) is -1.48. The fourth-order valence-electron chi connectivity index (χ4n) is 1.76. The van der Waals surface area contributed by atoms with E-state index in [1.54, 1.807) is 0 Å². The maximum atomic E-state index is 11.7. The van der Waals surface area contributed by atoms with Crippen molar-refractivity contribution < 1.29 is 14.7 Å². The van der Waals surface area contributed by atoms with E-state index in [1.165, 1.54) is 0 Å². The Bertz CT molecular complexity index is 457. The van der Waals surface area contributed by atoms with Crippen LogP contribution in [0.4, 0.5) is 0 Å². The molecule has 0 radical (unpaired) electrons. The zero-order chi connectivity index (χ0) is 12.5. The molecule has 0 aliphatic carbocycles. The number of aryl methyl sites for hydroxylation is 1. The summed E-state index contributed by atoms with van der Waals surface area (Å²) in [6.45, 7) is 2.38. The van der Waals surface area contributed by atoms with Crippen LogP contribution in [0.15, 0.2) is 29.2 Å². The van der Waals surface area contributed by atoms with Gasteiger partial charge < -0.3 is 10.4 Å². The highest BCUT2D eigenvalue weighted by molar-refractivity contribution is 8.02. The summed E-state index contributed by atoms with van der Waals surface area (Å²) in [6.07, 6.45) is 0.319. The fraction of sp³-hybridized carbons (Fsp3) is 0.333. The molecular formula is C12H13NO3S. The van der Waals surface area contributed by atoms with Gasteiger partial charge in [0.15, 0.2) is 4.75 Å². The second kappa shape index (κ2) is 4.41. The van der Waals surface area contributed by atoms with Gasteiger partial charge in [-0.3, -0.25) is 9.59 Å². The minimum absolute atomic E-state index is 0.319. The zero-order valence-electron chi connectivity index (χ0n) is 9.40. The number of amides is 1. The summed E-state index contributed by atoms with van der Waals surface area (Å²) in [7, 11) is 0. The number of hydrogen-bond donors (Lipinski definition) is 2. The third kappa shape index (κ3) is 2.15. The molecule has 0 aromatic heterocycles. The van der Waals surface area contributed by atoms with Crippen LogP contribution in [0.3, 0.4) is 0 Å². The van der Waals surface area contributed by atoms with Gasteiger partial charge in [0.25, 0.3) is 0 Å². The molecule has 90 valence electrons. The average molecular weight is 251 g/mol. The van der Waals surface area contributed by atoms with Crippen LogP contribution in [-0.2, 0) is 9.59 Å². The maximum absolute atomic E-state index is 11.7. The lowest BCUT2D eigenvalue weighted by Crippen LogP contribution is -2.42. The van der Waals surface area contributed by atoms with Gasteiger partial charge in [-0.15, -0.1) is 0 Å². The minimum atomic E-state index is -1.37. The molecule has 1 saturated heterocycles. The van der Waals surface area contributed by atoms with Gasteiger partial charge in [-0.25, -0.2) is 0 Å². The van der Waals surface area contributed by atoms with Gasteiger partial charge >= 0.3 is 5.97 Å². The fourth-order valence-corrected chi connectivity index (χ4v) is 2.89. The Morgan fingerprint density at radius 3 is 2.53 bits per heavy atom. The van der Waals surface area contributed by atoms with Crippen molar-refractivity contribution in [1.29, 1.82) is 0 Å². The molecule has 1 aromatic rings. The third-order valence-corrected chi connectivity index (χ3v) is 4.21. The summed E-state index contributed by atoms with van der Waals surface area (Å²) in [6, 6.07) is 7.50. The summed E-state index contributed by atoms with van der Waals surface area (Å²) in [5, 5.41) is 11.9. The Balaban J connectivity index is 2.28. The minimum Gasteiger partial charge on any atom is -0.480 e. The Labute approximate surface area is 103 Å². The number of hydrogen-bond acceptors (Lipinski definition) is 3. The van der Waals surface area contributed by atoms with Crippen molar-refractivity contribution in [2.75, 3.05) is 6.54 Å². The predicted octanol–water partition coefficient (Wildman–Crippen LogP) is 1.43. The standard InChI is InChI=1S/C12H13NO3S/c1-8-2-4-9(5-3-8)17-12(11(15)16)6-7-13-10(12)14/h2-5H,6-7H2,1H3,(H,13,14)(H,15,16). The smallest absolute Gasteiger partial charge is 0.329 e. The molecule has 1 aliphatic rings. The van der Waals surface area contributed by atoms with Crippen molar-refractivity contribution >= 4 is 23.6 Å². The van der Waals surface area contributed by atoms with E-state index in [0.29, 0.717) is 13.0 Å². The second-order valence-corrected chi connectivity index (χ2v) is 5.43. The molecule has 0 saturated carbocycles. The molecule has 0 bridgehead atoms. The number of carbonyl (C=O) groups is 2. The zero-order valence-corrected chi connectivity index (χ0v) is 10.2. The van der Waals surface area contributed by atoms with Crippen LogP contribution in [0.2, 0.25) is 0 Å². The van der Waals surface area contributed by atoms with Crippen molar-refractivity contribution in [2.24, 2.45) is 0 Å². The van der Waals surface area contributed by atoms with E-state index >= 15 is 0 Å². The summed E-state index contributed by atoms with van der Waals surface area (Å²) < 4.78 is -1.37. The molecule has 1 aromatic carbocycles. The highest BCUT2D eigenvalue weighted by Crippen LogP contribution is 2.38. The third-order valence-electron chi connectivity index (χ3n) is 2.79. The molecule has 1 unspecified atom stereocenters. The Hall–Kier alpha value is -1.49. The van der Waals surface area contributed by atoms with Gasteiger partial charge in [0, 0.05) is 11.4 Å². The molecule has 2 N–H and O–H groups in total. The number of carboxylic acid groups (broad SMARTS) is 1. The van der Waals surface area contributed by atoms with Crippen LogP contribution in [0.5, 0.6) is 0 Å². The van der Waals surface area contributed by atoms with Crippen LogP contribution < -0.4 is 5.32 Å². The first-order valence-corrected chi connectivity index (χ1v) is 6.14. The van der Waals surface area contributed by atoms with Crippen LogP contribution >= 0.6 is 11.8 Å². The Morgan fingerprint density at radius 1 is 1.41 bits per heavy atom. The molecule has 17 heavy (non-hydrogen) atoms. The number of thioether (sulfide) groups is 1. The molecule has 1 heterocycles. The number of nitrogens with one attached hydrogen (secondary N) is 1. The maximum Gasteiger partial charge on any atom is 0.329 e. The van der Waals surface area contributed by atoms with E-state index in [-0.39, 0.29) is 0 Å². The van der Waals surface area contributed by atoms with E-state index in [9.17, 15) is 14.7 Å². The van der Waals surface area contributed by atoms with Crippen LogP contribution in [-0.4, -0.2) is 28.3 Å². The SMILES string of the molecule is Cc1ccc(SC2(C(=O)O)CCNC2=O)cc1. The predicted molar refractivity (Wildman–Crippen MR) is 65.0 cm³/mol. The lowest BCUT2D eigenvalue weighted by atomic mass is 10.1. The first kappa shape index (κ1) is 12.0. The van der Waals surface area contributed by atoms with E-state index < -0.39 is 16.6 Å². The van der Waals surface area contributed by atoms with Gasteiger partial charge in [-0.05, 0) is 25.5 Å². The van der Waals surface area contributed by atoms with E-state index in [2.05, 4.69) is 5.32 Å². The topological polar surface area (TPSA) is 66.4 Å². The normalized spacial score (nSPS) is 23.5. The summed E-state index contributed by atoms with van der Waals surface area (Å²) in [4.78, 5) is 23.8. The molecule has 1 aliphatic heterocycles. The van der Waals surface area contributed by atoms with Crippen LogP contribution in [0.25, 0.3) is 0 Å². The van der Waals surface area contributed by atoms with Gasteiger partial charge in [0.05, 0.1) is 0 Å². The van der Waals surface area contributed by atoms with Gasteiger partial charge in [0.2, 0.25) is 5.91 Å². The van der Waals surface area contributed by atoms with Crippen molar-refractivity contribution in [2.45, 2.75) is 23.0 Å². The lowest BCUT2D eigenvalue weighted by Gasteiger charge is -2.20. The van der Waals surface area contributed by atoms with Crippen molar-refractivity contribution in [1.82, 2.24) is 5.32 Å². The number of carboxylic acids is 1. The highest BCUT2D eigenvalue weighted by atomic mass is 32.2. The molecule has 4 nitrogen and oxygen atoms in total. The monoisotopic (exact) mass is 251 g/mol. The van der Waals surface area contributed by atoms with Crippen LogP contribution in [0, 0.1) is 6.92 Å². The molecule has 5 heteroatoms. The van der Waals surface area contributed by atoms with Crippen molar-refractivity contribution in [3.63, 3.8) is 0 Å². The van der Waals surface area contributed by atoms with Gasteiger partial charge in [-0.2, -0.15) is 0 Å². The quantitative estimate of drug-likeness (QED) is 0.798. The van der Waals surface area contributed by atoms with Crippen molar-refractivity contribution in [3.8, 4) is 0 Å². The number of carbonyl (C=O) groups excluding carboxylic acids is 1. The number of rotatable bonds is 3. The molecular weight excluding hydrogens is 238 g/mol. The molecule has 2 rings (SSSR count). The van der Waals surface area contributed by atoms with E-state index in [0.717, 1.165) is 22.2 Å². The molecule has 1 amide bonds. The largest absolute Gasteiger partial charge is 0.480 e. The average Bonchev–Trinajstić information content (AvgIpc) is 2.65. The second-order valence-electron chi connectivity index (χ2n) is 4.05. The molecule has 1 fully saturated rings. The first-order chi connectivity index (χ1) is 8.04. The van der Waals surface area contributed by atoms with E-state index in [4.69, 9.17) is 0 Å². The van der Waals surface area contributed by atoms with Crippen LogP contribution in [0.1, 0.15) is 12.0 Å². The van der Waals surface area contributed by atoms with Gasteiger partial charge in [0.1, 0.15) is 0 Å². The summed E-state index contributed by atoms with van der Waals surface area (Å²) >= 11 is 1.11. The number of benzene rings is 1. The first-order valence-electron chi connectivity index (χ1n) is 5.32. The molecule has 0 spiro atoms. The van der Waals surface area contributed by atoms with E-state index in [1.807, 2.05) is 31.2 Å². The van der Waals surface area contributed by atoms with Gasteiger partial charge in [-0.1, -0.05) is 29.5 Å². The lowest BCUT2D eigenvalue weighted by molar-refractivity contribution is -0.143.